The summed E-state index contributed by atoms with van der Waals surface area (Å²) >= 11 is 8.82. The molecule has 0 radical (unpaired) electrons. The van der Waals surface area contributed by atoms with Crippen molar-refractivity contribution in [3.8, 4) is 0 Å². The lowest BCUT2D eigenvalue weighted by Crippen LogP contribution is -2.18. The molecule has 1 aromatic rings. The first-order valence-electron chi connectivity index (χ1n) is 3.29. The number of rotatable bonds is 2. The van der Waals surface area contributed by atoms with Gasteiger partial charge in [-0.1, -0.05) is 18.2 Å². The van der Waals surface area contributed by atoms with Crippen LogP contribution in [-0.2, 0) is 6.54 Å². The van der Waals surface area contributed by atoms with Crippen LogP contribution in [0.5, 0.6) is 0 Å². The Kier molecular flexibility index (Phi) is 3.12. The van der Waals surface area contributed by atoms with Crippen LogP contribution in [0.1, 0.15) is 0 Å². The monoisotopic (exact) mass is 247 g/mol. The Bertz CT molecular complexity index is 358. The molecule has 0 atom stereocenters. The summed E-state index contributed by atoms with van der Waals surface area (Å²) in [4.78, 5) is 11.1. The zero-order chi connectivity index (χ0) is 9.14. The molecule has 0 N–H and O–H groups in total. The smallest absolute Gasteiger partial charge is 0.250 e. The summed E-state index contributed by atoms with van der Waals surface area (Å²) in [5, 5.41) is 0.440. The molecule has 0 aliphatic heterocycles. The quantitative estimate of drug-likeness (QED) is 0.787. The van der Waals surface area contributed by atoms with E-state index in [9.17, 15) is 4.79 Å². The molecule has 1 aromatic heterocycles. The maximum absolute atomic E-state index is 11.1. The number of aromatic nitrogens is 1. The average Bonchev–Trinajstić information content (AvgIpc) is 1.96. The van der Waals surface area contributed by atoms with E-state index >= 15 is 0 Å². The maximum atomic E-state index is 11.1. The standard InChI is InChI=1S/C8H7BrClNO/c1-6(10)4-11-5-7(9)2-3-8(11)12/h2-3,5H,1,4H2. The van der Waals surface area contributed by atoms with Gasteiger partial charge in [-0.3, -0.25) is 4.79 Å². The largest absolute Gasteiger partial charge is 0.309 e. The molecule has 0 aliphatic rings. The van der Waals surface area contributed by atoms with Crippen molar-refractivity contribution in [2.24, 2.45) is 0 Å². The molecular weight excluding hydrogens is 241 g/mol. The van der Waals surface area contributed by atoms with Gasteiger partial charge in [0, 0.05) is 21.8 Å². The molecule has 0 unspecified atom stereocenters. The first-order chi connectivity index (χ1) is 5.59. The van der Waals surface area contributed by atoms with E-state index in [-0.39, 0.29) is 5.56 Å². The molecular formula is C8H7BrClNO. The molecule has 0 bridgehead atoms. The van der Waals surface area contributed by atoms with Gasteiger partial charge < -0.3 is 4.57 Å². The predicted molar refractivity (Wildman–Crippen MR) is 53.4 cm³/mol. The lowest BCUT2D eigenvalue weighted by Gasteiger charge is -2.02. The molecule has 0 amide bonds. The number of allylic oxidation sites excluding steroid dienone is 1. The van der Waals surface area contributed by atoms with E-state index in [0.29, 0.717) is 11.6 Å². The number of hydrogen-bond acceptors (Lipinski definition) is 1. The van der Waals surface area contributed by atoms with Crippen molar-refractivity contribution in [1.82, 2.24) is 4.57 Å². The van der Waals surface area contributed by atoms with E-state index in [4.69, 9.17) is 11.6 Å². The van der Waals surface area contributed by atoms with Crippen LogP contribution in [0.4, 0.5) is 0 Å². The fourth-order valence-corrected chi connectivity index (χ4v) is 1.32. The van der Waals surface area contributed by atoms with E-state index in [0.717, 1.165) is 4.47 Å². The summed E-state index contributed by atoms with van der Waals surface area (Å²) in [6, 6.07) is 3.17. The molecule has 0 saturated heterocycles. The summed E-state index contributed by atoms with van der Waals surface area (Å²) in [5.74, 6) is 0. The Labute approximate surface area is 83.6 Å². The van der Waals surface area contributed by atoms with Crippen LogP contribution in [0.3, 0.4) is 0 Å². The topological polar surface area (TPSA) is 22.0 Å². The van der Waals surface area contributed by atoms with Gasteiger partial charge in [0.2, 0.25) is 0 Å². The Balaban J connectivity index is 3.06. The normalized spacial score (nSPS) is 9.83. The molecule has 64 valence electrons. The minimum absolute atomic E-state index is 0.0833. The van der Waals surface area contributed by atoms with E-state index in [1.807, 2.05) is 0 Å². The van der Waals surface area contributed by atoms with Crippen molar-refractivity contribution in [3.05, 3.63) is 44.8 Å². The number of halogens is 2. The highest BCUT2D eigenvalue weighted by molar-refractivity contribution is 9.10. The summed E-state index contributed by atoms with van der Waals surface area (Å²) in [6.45, 7) is 3.86. The van der Waals surface area contributed by atoms with Crippen molar-refractivity contribution < 1.29 is 0 Å². The molecule has 0 spiro atoms. The zero-order valence-electron chi connectivity index (χ0n) is 6.26. The first kappa shape index (κ1) is 9.55. The molecule has 0 saturated carbocycles. The van der Waals surface area contributed by atoms with Gasteiger partial charge in [0.15, 0.2) is 0 Å². The minimum atomic E-state index is -0.0833. The van der Waals surface area contributed by atoms with Crippen LogP contribution in [0.2, 0.25) is 0 Å². The fraction of sp³-hybridized carbons (Fsp3) is 0.125. The highest BCUT2D eigenvalue weighted by Gasteiger charge is 1.96. The Morgan fingerprint density at radius 1 is 1.67 bits per heavy atom. The Hall–Kier alpha value is -0.540. The summed E-state index contributed by atoms with van der Waals surface area (Å²) in [5.41, 5.74) is -0.0833. The van der Waals surface area contributed by atoms with Crippen LogP contribution in [-0.4, -0.2) is 4.57 Å². The van der Waals surface area contributed by atoms with Crippen molar-refractivity contribution in [2.75, 3.05) is 0 Å². The SMILES string of the molecule is C=C(Cl)Cn1cc(Br)ccc1=O. The van der Waals surface area contributed by atoms with E-state index in [1.165, 1.54) is 10.6 Å². The van der Waals surface area contributed by atoms with Gasteiger partial charge in [0.05, 0.1) is 6.54 Å². The maximum Gasteiger partial charge on any atom is 0.250 e. The van der Waals surface area contributed by atoms with Crippen LogP contribution in [0.15, 0.2) is 39.2 Å². The molecule has 1 heterocycles. The third-order valence-corrected chi connectivity index (χ3v) is 1.88. The zero-order valence-corrected chi connectivity index (χ0v) is 8.60. The highest BCUT2D eigenvalue weighted by Crippen LogP contribution is 2.07. The van der Waals surface area contributed by atoms with Crippen LogP contribution in [0, 0.1) is 0 Å². The third-order valence-electron chi connectivity index (χ3n) is 1.29. The van der Waals surface area contributed by atoms with E-state index < -0.39 is 0 Å². The molecule has 2 nitrogen and oxygen atoms in total. The van der Waals surface area contributed by atoms with Gasteiger partial charge in [-0.05, 0) is 22.0 Å². The second-order valence-electron chi connectivity index (χ2n) is 2.33. The Morgan fingerprint density at radius 3 is 2.92 bits per heavy atom. The van der Waals surface area contributed by atoms with Crippen LogP contribution < -0.4 is 5.56 Å². The first-order valence-corrected chi connectivity index (χ1v) is 4.46. The second-order valence-corrected chi connectivity index (χ2v) is 3.78. The second kappa shape index (κ2) is 3.92. The number of nitrogens with zero attached hydrogens (tertiary/aromatic N) is 1. The summed E-state index contributed by atoms with van der Waals surface area (Å²) < 4.78 is 2.33. The van der Waals surface area contributed by atoms with Crippen LogP contribution >= 0.6 is 27.5 Å². The molecule has 1 rings (SSSR count). The van der Waals surface area contributed by atoms with Gasteiger partial charge in [0.25, 0.3) is 5.56 Å². The van der Waals surface area contributed by atoms with Gasteiger partial charge in [0.1, 0.15) is 0 Å². The van der Waals surface area contributed by atoms with Gasteiger partial charge in [-0.15, -0.1) is 0 Å². The average molecular weight is 249 g/mol. The van der Waals surface area contributed by atoms with Gasteiger partial charge in [-0.25, -0.2) is 0 Å². The summed E-state index contributed by atoms with van der Waals surface area (Å²) in [7, 11) is 0. The van der Waals surface area contributed by atoms with Gasteiger partial charge >= 0.3 is 0 Å². The molecule has 0 aromatic carbocycles. The molecule has 0 fully saturated rings. The molecule has 12 heavy (non-hydrogen) atoms. The van der Waals surface area contributed by atoms with Crippen molar-refractivity contribution in [2.45, 2.75) is 6.54 Å². The minimum Gasteiger partial charge on any atom is -0.309 e. The lowest BCUT2D eigenvalue weighted by atomic mass is 10.4. The van der Waals surface area contributed by atoms with Crippen molar-refractivity contribution in [1.29, 1.82) is 0 Å². The van der Waals surface area contributed by atoms with Gasteiger partial charge in [-0.2, -0.15) is 0 Å². The fourth-order valence-electron chi connectivity index (χ4n) is 0.811. The van der Waals surface area contributed by atoms with Crippen LogP contribution in [0.25, 0.3) is 0 Å². The lowest BCUT2D eigenvalue weighted by molar-refractivity contribution is 0.768. The van der Waals surface area contributed by atoms with E-state index in [1.54, 1.807) is 12.3 Å². The van der Waals surface area contributed by atoms with E-state index in [2.05, 4.69) is 22.5 Å². The molecule has 0 aliphatic carbocycles. The third kappa shape index (κ3) is 2.50. The number of hydrogen-bond donors (Lipinski definition) is 0. The number of pyridine rings is 1. The predicted octanol–water partition coefficient (Wildman–Crippen LogP) is 2.36. The molecule has 4 heteroatoms. The van der Waals surface area contributed by atoms with Crippen molar-refractivity contribution >= 4 is 27.5 Å². The summed E-state index contributed by atoms with van der Waals surface area (Å²) in [6.07, 6.45) is 1.68. The van der Waals surface area contributed by atoms with Crippen molar-refractivity contribution in [3.63, 3.8) is 0 Å². The highest BCUT2D eigenvalue weighted by atomic mass is 79.9. The Morgan fingerprint density at radius 2 is 2.33 bits per heavy atom.